The van der Waals surface area contributed by atoms with Gasteiger partial charge in [0, 0.05) is 13.0 Å². The van der Waals surface area contributed by atoms with Gasteiger partial charge in [-0.3, -0.25) is 4.79 Å². The average Bonchev–Trinajstić information content (AvgIpc) is 2.64. The molecular weight excluding hydrogens is 222 g/mol. The number of hydrogen-bond acceptors (Lipinski definition) is 3. The van der Waals surface area contributed by atoms with Crippen LogP contribution in [0.1, 0.15) is 38.9 Å². The van der Waals surface area contributed by atoms with E-state index in [0.29, 0.717) is 6.42 Å². The highest BCUT2D eigenvalue weighted by Gasteiger charge is 2.16. The minimum absolute atomic E-state index is 0.0122. The third-order valence-corrected chi connectivity index (χ3v) is 2.81. The van der Waals surface area contributed by atoms with Gasteiger partial charge in [-0.2, -0.15) is 11.3 Å². The highest BCUT2D eigenvalue weighted by molar-refractivity contribution is 7.07. The minimum Gasteiger partial charge on any atom is -0.387 e. The first kappa shape index (κ1) is 13.2. The molecule has 0 aromatic carbocycles. The molecule has 0 spiro atoms. The quantitative estimate of drug-likeness (QED) is 0.850. The van der Waals surface area contributed by atoms with Crippen molar-refractivity contribution in [2.45, 2.75) is 33.3 Å². The van der Waals surface area contributed by atoms with Gasteiger partial charge in [0.15, 0.2) is 0 Å². The maximum absolute atomic E-state index is 11.5. The number of aliphatic hydroxyl groups is 1. The molecule has 1 aromatic heterocycles. The lowest BCUT2D eigenvalue weighted by molar-refractivity contribution is -0.123. The van der Waals surface area contributed by atoms with Gasteiger partial charge >= 0.3 is 0 Å². The van der Waals surface area contributed by atoms with Crippen molar-refractivity contribution in [2.24, 2.45) is 5.41 Å². The van der Waals surface area contributed by atoms with Crippen molar-refractivity contribution in [3.05, 3.63) is 22.4 Å². The van der Waals surface area contributed by atoms with Crippen LogP contribution in [0.3, 0.4) is 0 Å². The Morgan fingerprint density at radius 3 is 2.75 bits per heavy atom. The number of hydrogen-bond donors (Lipinski definition) is 2. The summed E-state index contributed by atoms with van der Waals surface area (Å²) in [5.41, 5.74) is 0.846. The average molecular weight is 241 g/mol. The molecule has 16 heavy (non-hydrogen) atoms. The van der Waals surface area contributed by atoms with Crippen LogP contribution in [-0.4, -0.2) is 17.6 Å². The SMILES string of the molecule is CC(C)(C)CC(=O)NCC(O)c1ccsc1. The van der Waals surface area contributed by atoms with Crippen molar-refractivity contribution < 1.29 is 9.90 Å². The Morgan fingerprint density at radius 1 is 1.56 bits per heavy atom. The lowest BCUT2D eigenvalue weighted by Gasteiger charge is -2.18. The maximum atomic E-state index is 11.5. The topological polar surface area (TPSA) is 49.3 Å². The third-order valence-electron chi connectivity index (χ3n) is 2.11. The lowest BCUT2D eigenvalue weighted by Crippen LogP contribution is -2.31. The van der Waals surface area contributed by atoms with E-state index in [1.165, 1.54) is 11.3 Å². The summed E-state index contributed by atoms with van der Waals surface area (Å²) in [6.45, 7) is 6.33. The monoisotopic (exact) mass is 241 g/mol. The first-order valence-corrected chi connectivity index (χ1v) is 6.29. The zero-order chi connectivity index (χ0) is 12.2. The standard InChI is InChI=1S/C12H19NO2S/c1-12(2,3)6-11(15)13-7-10(14)9-4-5-16-8-9/h4-5,8,10,14H,6-7H2,1-3H3,(H,13,15). The Morgan fingerprint density at radius 2 is 2.25 bits per heavy atom. The Balaban J connectivity index is 2.32. The van der Waals surface area contributed by atoms with E-state index < -0.39 is 6.10 Å². The molecule has 1 atom stereocenters. The molecule has 0 bridgehead atoms. The van der Waals surface area contributed by atoms with Crippen LogP contribution in [0.15, 0.2) is 16.8 Å². The van der Waals surface area contributed by atoms with Crippen molar-refractivity contribution in [3.63, 3.8) is 0 Å². The van der Waals surface area contributed by atoms with Crippen LogP contribution in [0.25, 0.3) is 0 Å². The molecule has 1 heterocycles. The Kier molecular flexibility index (Phi) is 4.50. The van der Waals surface area contributed by atoms with Gasteiger partial charge in [0.1, 0.15) is 0 Å². The normalized spacial score (nSPS) is 13.5. The van der Waals surface area contributed by atoms with Crippen molar-refractivity contribution in [1.29, 1.82) is 0 Å². The van der Waals surface area contributed by atoms with E-state index >= 15 is 0 Å². The van der Waals surface area contributed by atoms with Crippen LogP contribution in [0.5, 0.6) is 0 Å². The van der Waals surface area contributed by atoms with Gasteiger partial charge in [-0.15, -0.1) is 0 Å². The molecular formula is C12H19NO2S. The van der Waals surface area contributed by atoms with Gasteiger partial charge in [-0.25, -0.2) is 0 Å². The van der Waals surface area contributed by atoms with Gasteiger partial charge in [0.05, 0.1) is 6.10 Å². The van der Waals surface area contributed by atoms with Crippen LogP contribution in [-0.2, 0) is 4.79 Å². The van der Waals surface area contributed by atoms with Crippen LogP contribution in [0.4, 0.5) is 0 Å². The summed E-state index contributed by atoms with van der Waals surface area (Å²) >= 11 is 1.54. The summed E-state index contributed by atoms with van der Waals surface area (Å²) in [5.74, 6) is -0.0122. The summed E-state index contributed by atoms with van der Waals surface area (Å²) in [4.78, 5) is 11.5. The molecule has 0 radical (unpaired) electrons. The van der Waals surface area contributed by atoms with E-state index in [1.807, 2.05) is 37.6 Å². The highest BCUT2D eigenvalue weighted by Crippen LogP contribution is 2.18. The van der Waals surface area contributed by atoms with Crippen molar-refractivity contribution in [1.82, 2.24) is 5.32 Å². The van der Waals surface area contributed by atoms with Gasteiger partial charge in [0.2, 0.25) is 5.91 Å². The van der Waals surface area contributed by atoms with E-state index in [0.717, 1.165) is 5.56 Å². The molecule has 1 unspecified atom stereocenters. The maximum Gasteiger partial charge on any atom is 0.220 e. The second-order valence-corrected chi connectivity index (χ2v) is 5.89. The highest BCUT2D eigenvalue weighted by atomic mass is 32.1. The fourth-order valence-corrected chi connectivity index (χ4v) is 2.04. The number of nitrogens with one attached hydrogen (secondary N) is 1. The predicted octanol–water partition coefficient (Wildman–Crippen LogP) is 2.33. The van der Waals surface area contributed by atoms with Crippen LogP contribution in [0, 0.1) is 5.41 Å². The smallest absolute Gasteiger partial charge is 0.220 e. The molecule has 3 nitrogen and oxygen atoms in total. The molecule has 0 saturated carbocycles. The van der Waals surface area contributed by atoms with E-state index in [-0.39, 0.29) is 17.9 Å². The molecule has 1 aromatic rings. The summed E-state index contributed by atoms with van der Waals surface area (Å²) in [7, 11) is 0. The van der Waals surface area contributed by atoms with E-state index in [2.05, 4.69) is 5.32 Å². The van der Waals surface area contributed by atoms with Crippen molar-refractivity contribution in [3.8, 4) is 0 Å². The lowest BCUT2D eigenvalue weighted by atomic mass is 9.92. The van der Waals surface area contributed by atoms with E-state index in [9.17, 15) is 9.90 Å². The van der Waals surface area contributed by atoms with Crippen molar-refractivity contribution >= 4 is 17.2 Å². The fraction of sp³-hybridized carbons (Fsp3) is 0.583. The molecule has 0 fully saturated rings. The second kappa shape index (κ2) is 5.46. The van der Waals surface area contributed by atoms with Crippen LogP contribution in [0.2, 0.25) is 0 Å². The summed E-state index contributed by atoms with van der Waals surface area (Å²) in [6, 6.07) is 1.87. The summed E-state index contributed by atoms with van der Waals surface area (Å²) < 4.78 is 0. The number of amides is 1. The largest absolute Gasteiger partial charge is 0.387 e. The van der Waals surface area contributed by atoms with Gasteiger partial charge in [-0.05, 0) is 27.8 Å². The second-order valence-electron chi connectivity index (χ2n) is 5.11. The minimum atomic E-state index is -0.602. The molecule has 1 amide bonds. The summed E-state index contributed by atoms with van der Waals surface area (Å²) in [5, 5.41) is 16.3. The van der Waals surface area contributed by atoms with Gasteiger partial charge in [0.25, 0.3) is 0 Å². The molecule has 4 heteroatoms. The predicted molar refractivity (Wildman–Crippen MR) is 66.4 cm³/mol. The summed E-state index contributed by atoms with van der Waals surface area (Å²) in [6.07, 6.45) is -0.126. The molecule has 0 saturated heterocycles. The molecule has 1 rings (SSSR count). The number of aliphatic hydroxyl groups excluding tert-OH is 1. The number of thiophene rings is 1. The molecule has 0 aliphatic rings. The first-order chi connectivity index (χ1) is 7.38. The zero-order valence-corrected chi connectivity index (χ0v) is 10.8. The number of carbonyl (C=O) groups excluding carboxylic acids is 1. The Bertz CT molecular complexity index is 327. The Hall–Kier alpha value is -0.870. The number of carbonyl (C=O) groups is 1. The third kappa shape index (κ3) is 4.77. The molecule has 0 aliphatic carbocycles. The number of rotatable bonds is 4. The van der Waals surface area contributed by atoms with E-state index in [1.54, 1.807) is 0 Å². The van der Waals surface area contributed by atoms with Gasteiger partial charge in [-0.1, -0.05) is 20.8 Å². The van der Waals surface area contributed by atoms with E-state index in [4.69, 9.17) is 0 Å². The van der Waals surface area contributed by atoms with Crippen LogP contribution < -0.4 is 5.32 Å². The van der Waals surface area contributed by atoms with Gasteiger partial charge < -0.3 is 10.4 Å². The van der Waals surface area contributed by atoms with Crippen molar-refractivity contribution in [2.75, 3.05) is 6.54 Å². The zero-order valence-electron chi connectivity index (χ0n) is 9.99. The first-order valence-electron chi connectivity index (χ1n) is 5.35. The van der Waals surface area contributed by atoms with Crippen LogP contribution >= 0.6 is 11.3 Å². The molecule has 2 N–H and O–H groups in total. The molecule has 90 valence electrons. The molecule has 0 aliphatic heterocycles. The Labute approximate surface area is 100 Å². The fourth-order valence-electron chi connectivity index (χ4n) is 1.34.